The van der Waals surface area contributed by atoms with E-state index in [1.54, 1.807) is 37.8 Å². The van der Waals surface area contributed by atoms with Crippen LogP contribution in [0.25, 0.3) is 0 Å². The van der Waals surface area contributed by atoms with E-state index in [-0.39, 0.29) is 5.91 Å². The highest BCUT2D eigenvalue weighted by Crippen LogP contribution is 2.04. The lowest BCUT2D eigenvalue weighted by Crippen LogP contribution is -2.12. The molecule has 0 radical (unpaired) electrons. The van der Waals surface area contributed by atoms with Crippen LogP contribution in [0.5, 0.6) is 0 Å². The smallest absolute Gasteiger partial charge is 0.276 e. The average molecular weight is 243 g/mol. The molecule has 92 valence electrons. The van der Waals surface area contributed by atoms with Crippen molar-refractivity contribution in [1.82, 2.24) is 19.7 Å². The molecule has 0 aliphatic heterocycles. The summed E-state index contributed by atoms with van der Waals surface area (Å²) in [6.07, 6.45) is 4.76. The fraction of sp³-hybridized carbons (Fsp3) is 0.250. The lowest BCUT2D eigenvalue weighted by molar-refractivity contribution is 0.0997. The van der Waals surface area contributed by atoms with Gasteiger partial charge in [0.05, 0.1) is 22.8 Å². The largest absolute Gasteiger partial charge is 0.281 e. The Morgan fingerprint density at radius 1 is 1.33 bits per heavy atom. The van der Waals surface area contributed by atoms with Crippen LogP contribution in [0.1, 0.15) is 21.9 Å². The Morgan fingerprint density at radius 2 is 2.11 bits per heavy atom. The standard InChI is InChI=1S/C12H13N5O/c1-8-11(7-13-9(2)15-8)12(18)16-10-4-5-17(3)14-6-10/h4-7H,1-3H3. The monoisotopic (exact) mass is 243 g/mol. The summed E-state index contributed by atoms with van der Waals surface area (Å²) in [4.78, 5) is 24.1. The van der Waals surface area contributed by atoms with Crippen molar-refractivity contribution in [3.05, 3.63) is 47.1 Å². The van der Waals surface area contributed by atoms with E-state index in [2.05, 4.69) is 20.1 Å². The quantitative estimate of drug-likeness (QED) is 0.734. The molecule has 0 saturated heterocycles. The minimum Gasteiger partial charge on any atom is -0.276 e. The zero-order valence-corrected chi connectivity index (χ0v) is 10.5. The second-order valence-electron chi connectivity index (χ2n) is 3.89. The summed E-state index contributed by atoms with van der Waals surface area (Å²) in [6, 6.07) is 1.72. The van der Waals surface area contributed by atoms with Gasteiger partial charge in [-0.05, 0) is 19.9 Å². The SMILES string of the molecule is Cc1ncc(C(=O)N=c2ccn(C)nc2)c(C)n1. The van der Waals surface area contributed by atoms with E-state index in [1.165, 1.54) is 12.4 Å². The molecule has 0 atom stereocenters. The van der Waals surface area contributed by atoms with Crippen molar-refractivity contribution in [3.8, 4) is 0 Å². The normalized spacial score (nSPS) is 11.6. The molecule has 0 N–H and O–H groups in total. The molecule has 0 aliphatic rings. The van der Waals surface area contributed by atoms with Crippen LogP contribution in [-0.4, -0.2) is 25.7 Å². The molecule has 0 saturated carbocycles. The van der Waals surface area contributed by atoms with Crippen molar-refractivity contribution in [2.24, 2.45) is 12.0 Å². The summed E-state index contributed by atoms with van der Waals surface area (Å²) in [5, 5.41) is 4.51. The number of nitrogens with zero attached hydrogens (tertiary/aromatic N) is 5. The van der Waals surface area contributed by atoms with Crippen LogP contribution < -0.4 is 5.36 Å². The number of carbonyl (C=O) groups excluding carboxylic acids is 1. The summed E-state index contributed by atoms with van der Waals surface area (Å²) < 4.78 is 1.63. The van der Waals surface area contributed by atoms with Crippen molar-refractivity contribution in [1.29, 1.82) is 0 Å². The second kappa shape index (κ2) is 4.87. The highest BCUT2D eigenvalue weighted by Gasteiger charge is 2.09. The number of rotatable bonds is 1. The van der Waals surface area contributed by atoms with Gasteiger partial charge < -0.3 is 0 Å². The highest BCUT2D eigenvalue weighted by atomic mass is 16.1. The molecular weight excluding hydrogens is 230 g/mol. The molecule has 18 heavy (non-hydrogen) atoms. The summed E-state index contributed by atoms with van der Waals surface area (Å²) in [5.74, 6) is 0.278. The van der Waals surface area contributed by atoms with Crippen molar-refractivity contribution in [3.63, 3.8) is 0 Å². The van der Waals surface area contributed by atoms with Gasteiger partial charge in [-0.3, -0.25) is 9.48 Å². The fourth-order valence-electron chi connectivity index (χ4n) is 1.45. The summed E-state index contributed by atoms with van der Waals surface area (Å²) >= 11 is 0. The molecule has 2 rings (SSSR count). The summed E-state index contributed by atoms with van der Waals surface area (Å²) in [6.45, 7) is 3.54. The van der Waals surface area contributed by atoms with Gasteiger partial charge in [0.1, 0.15) is 5.82 Å². The number of hydrogen-bond acceptors (Lipinski definition) is 4. The van der Waals surface area contributed by atoms with Gasteiger partial charge >= 0.3 is 0 Å². The van der Waals surface area contributed by atoms with E-state index in [9.17, 15) is 4.79 Å². The van der Waals surface area contributed by atoms with Crippen LogP contribution in [0.2, 0.25) is 0 Å². The Morgan fingerprint density at radius 3 is 2.72 bits per heavy atom. The van der Waals surface area contributed by atoms with Crippen molar-refractivity contribution >= 4 is 5.91 Å². The number of aryl methyl sites for hydroxylation is 3. The van der Waals surface area contributed by atoms with Gasteiger partial charge in [0, 0.05) is 19.4 Å². The lowest BCUT2D eigenvalue weighted by atomic mass is 10.2. The minimum absolute atomic E-state index is 0.358. The molecule has 2 aromatic rings. The van der Waals surface area contributed by atoms with Gasteiger partial charge in [-0.1, -0.05) is 0 Å². The van der Waals surface area contributed by atoms with E-state index in [0.29, 0.717) is 22.4 Å². The molecule has 0 spiro atoms. The molecule has 0 aromatic carbocycles. The average Bonchev–Trinajstić information content (AvgIpc) is 2.32. The summed E-state index contributed by atoms with van der Waals surface area (Å²) in [5.41, 5.74) is 1.04. The molecule has 0 unspecified atom stereocenters. The van der Waals surface area contributed by atoms with Crippen LogP contribution in [0.3, 0.4) is 0 Å². The predicted octanol–water partition coefficient (Wildman–Crippen LogP) is 0.568. The fourth-order valence-corrected chi connectivity index (χ4v) is 1.45. The topological polar surface area (TPSA) is 73.0 Å². The van der Waals surface area contributed by atoms with Gasteiger partial charge in [-0.15, -0.1) is 0 Å². The Kier molecular flexibility index (Phi) is 3.27. The molecule has 6 nitrogen and oxygen atoms in total. The maximum Gasteiger partial charge on any atom is 0.281 e. The lowest BCUT2D eigenvalue weighted by Gasteiger charge is -2.00. The van der Waals surface area contributed by atoms with Crippen LogP contribution >= 0.6 is 0 Å². The van der Waals surface area contributed by atoms with Crippen LogP contribution in [0.15, 0.2) is 29.6 Å². The van der Waals surface area contributed by atoms with Gasteiger partial charge in [-0.25, -0.2) is 15.0 Å². The van der Waals surface area contributed by atoms with Crippen LogP contribution in [-0.2, 0) is 7.05 Å². The number of aromatic nitrogens is 4. The highest BCUT2D eigenvalue weighted by molar-refractivity contribution is 5.95. The molecule has 2 aromatic heterocycles. The van der Waals surface area contributed by atoms with E-state index in [4.69, 9.17) is 0 Å². The first-order valence-corrected chi connectivity index (χ1v) is 5.44. The van der Waals surface area contributed by atoms with E-state index < -0.39 is 0 Å². The molecule has 1 amide bonds. The first kappa shape index (κ1) is 12.1. The van der Waals surface area contributed by atoms with E-state index in [0.717, 1.165) is 0 Å². The Labute approximate surface area is 104 Å². The maximum atomic E-state index is 11.9. The van der Waals surface area contributed by atoms with Crippen LogP contribution in [0.4, 0.5) is 0 Å². The molecular formula is C12H13N5O. The predicted molar refractivity (Wildman–Crippen MR) is 64.6 cm³/mol. The van der Waals surface area contributed by atoms with Crippen molar-refractivity contribution < 1.29 is 4.79 Å². The van der Waals surface area contributed by atoms with Crippen LogP contribution in [0, 0.1) is 13.8 Å². The van der Waals surface area contributed by atoms with Gasteiger partial charge in [-0.2, -0.15) is 5.10 Å². The summed E-state index contributed by atoms with van der Waals surface area (Å²) in [7, 11) is 1.80. The third-order valence-electron chi connectivity index (χ3n) is 2.39. The first-order chi connectivity index (χ1) is 8.56. The van der Waals surface area contributed by atoms with E-state index in [1.807, 2.05) is 0 Å². The van der Waals surface area contributed by atoms with Gasteiger partial charge in [0.2, 0.25) is 0 Å². The van der Waals surface area contributed by atoms with Gasteiger partial charge in [0.15, 0.2) is 0 Å². The van der Waals surface area contributed by atoms with Crippen molar-refractivity contribution in [2.45, 2.75) is 13.8 Å². The van der Waals surface area contributed by atoms with Gasteiger partial charge in [0.25, 0.3) is 5.91 Å². The zero-order valence-electron chi connectivity index (χ0n) is 10.5. The number of amides is 1. The van der Waals surface area contributed by atoms with Crippen molar-refractivity contribution in [2.75, 3.05) is 0 Å². The maximum absolute atomic E-state index is 11.9. The Hall–Kier alpha value is -2.37. The third-order valence-corrected chi connectivity index (χ3v) is 2.39. The van der Waals surface area contributed by atoms with E-state index >= 15 is 0 Å². The third kappa shape index (κ3) is 2.65. The first-order valence-electron chi connectivity index (χ1n) is 5.44. The molecule has 2 heterocycles. The number of carbonyl (C=O) groups is 1. The minimum atomic E-state index is -0.358. The molecule has 0 bridgehead atoms. The molecule has 6 heteroatoms. The zero-order chi connectivity index (χ0) is 13.1. The second-order valence-corrected chi connectivity index (χ2v) is 3.89. The Bertz CT molecular complexity index is 639. The molecule has 0 fully saturated rings. The Balaban J connectivity index is 2.38. The number of hydrogen-bond donors (Lipinski definition) is 0. The molecule has 0 aliphatic carbocycles.